The van der Waals surface area contributed by atoms with Crippen LogP contribution in [0.25, 0.3) is 0 Å². The summed E-state index contributed by atoms with van der Waals surface area (Å²) in [5, 5.41) is 0. The number of benzene rings is 1. The number of methoxy groups -OCH3 is 1. The van der Waals surface area contributed by atoms with Crippen LogP contribution in [0.3, 0.4) is 0 Å². The second kappa shape index (κ2) is 6.16. The third-order valence-electron chi connectivity index (χ3n) is 4.33. The quantitative estimate of drug-likeness (QED) is 0.595. The zero-order valence-corrected chi connectivity index (χ0v) is 13.0. The number of hydrogen-bond acceptors (Lipinski definition) is 3. The third-order valence-corrected chi connectivity index (χ3v) is 4.33. The summed E-state index contributed by atoms with van der Waals surface area (Å²) in [6, 6.07) is 2.84. The van der Waals surface area contributed by atoms with E-state index in [-0.39, 0.29) is 41.6 Å². The first kappa shape index (κ1) is 16.6. The molecule has 0 saturated heterocycles. The summed E-state index contributed by atoms with van der Waals surface area (Å²) in [5.74, 6) is -2.59. The van der Waals surface area contributed by atoms with Gasteiger partial charge < -0.3 is 9.47 Å². The molecule has 1 aliphatic carbocycles. The van der Waals surface area contributed by atoms with Crippen molar-refractivity contribution in [1.82, 2.24) is 0 Å². The van der Waals surface area contributed by atoms with E-state index < -0.39 is 17.6 Å². The van der Waals surface area contributed by atoms with Crippen LogP contribution in [0.5, 0.6) is 0 Å². The number of hydrogen-bond donors (Lipinski definition) is 0. The Labute approximate surface area is 128 Å². The Morgan fingerprint density at radius 2 is 1.82 bits per heavy atom. The molecule has 2 atom stereocenters. The molecule has 0 aliphatic heterocycles. The molecule has 1 saturated carbocycles. The van der Waals surface area contributed by atoms with E-state index in [2.05, 4.69) is 6.58 Å². The summed E-state index contributed by atoms with van der Waals surface area (Å²) in [7, 11) is 1.40. The zero-order chi connectivity index (χ0) is 16.5. The van der Waals surface area contributed by atoms with E-state index in [9.17, 15) is 13.6 Å². The van der Waals surface area contributed by atoms with Crippen LogP contribution in [0, 0.1) is 28.9 Å². The molecule has 120 valence electrons. The lowest BCUT2D eigenvalue weighted by atomic mass is 10.1. The number of allylic oxidation sites excluding steroid dienone is 1. The van der Waals surface area contributed by atoms with Gasteiger partial charge in [0.05, 0.1) is 12.5 Å². The minimum Gasteiger partial charge on any atom is -0.460 e. The molecule has 22 heavy (non-hydrogen) atoms. The van der Waals surface area contributed by atoms with Crippen LogP contribution in [0.1, 0.15) is 25.0 Å². The highest BCUT2D eigenvalue weighted by Gasteiger charge is 2.61. The smallest absolute Gasteiger partial charge is 0.310 e. The number of esters is 1. The highest BCUT2D eigenvalue weighted by atomic mass is 19.2. The summed E-state index contributed by atoms with van der Waals surface area (Å²) in [6.45, 7) is 7.29. The molecule has 0 radical (unpaired) electrons. The topological polar surface area (TPSA) is 35.5 Å². The van der Waals surface area contributed by atoms with Crippen molar-refractivity contribution in [1.29, 1.82) is 0 Å². The molecule has 5 heteroatoms. The largest absolute Gasteiger partial charge is 0.460 e. The van der Waals surface area contributed by atoms with Crippen molar-refractivity contribution in [2.45, 2.75) is 27.1 Å². The Morgan fingerprint density at radius 1 is 1.27 bits per heavy atom. The Hall–Kier alpha value is -1.75. The highest BCUT2D eigenvalue weighted by Crippen LogP contribution is 2.59. The number of carbonyl (C=O) groups excluding carboxylic acids is 1. The SMILES string of the molecule is C=C[C@@H]1[C@@H](C(=O)OCc2ccc(COC)c(F)c2F)C1(C)C. The summed E-state index contributed by atoms with van der Waals surface area (Å²) >= 11 is 0. The Morgan fingerprint density at radius 3 is 2.27 bits per heavy atom. The minimum absolute atomic E-state index is 0.0133. The number of carbonyl (C=O) groups is 1. The van der Waals surface area contributed by atoms with Crippen LogP contribution in [0.4, 0.5) is 8.78 Å². The molecular weight excluding hydrogens is 290 g/mol. The maximum absolute atomic E-state index is 13.9. The van der Waals surface area contributed by atoms with E-state index in [4.69, 9.17) is 9.47 Å². The Bertz CT molecular complexity index is 596. The predicted molar refractivity (Wildman–Crippen MR) is 77.8 cm³/mol. The molecular formula is C17H20F2O3. The van der Waals surface area contributed by atoms with Crippen LogP contribution < -0.4 is 0 Å². The van der Waals surface area contributed by atoms with Gasteiger partial charge in [-0.25, -0.2) is 8.78 Å². The Kier molecular flexibility index (Phi) is 4.66. The lowest BCUT2D eigenvalue weighted by Crippen LogP contribution is -2.12. The van der Waals surface area contributed by atoms with Crippen molar-refractivity contribution in [3.63, 3.8) is 0 Å². The van der Waals surface area contributed by atoms with Crippen LogP contribution >= 0.6 is 0 Å². The van der Waals surface area contributed by atoms with Gasteiger partial charge in [0, 0.05) is 18.2 Å². The monoisotopic (exact) mass is 310 g/mol. The van der Waals surface area contributed by atoms with Gasteiger partial charge in [-0.3, -0.25) is 4.79 Å². The van der Waals surface area contributed by atoms with Gasteiger partial charge in [0.15, 0.2) is 11.6 Å². The molecule has 0 spiro atoms. The van der Waals surface area contributed by atoms with Gasteiger partial charge >= 0.3 is 5.97 Å². The average molecular weight is 310 g/mol. The minimum atomic E-state index is -1.00. The van der Waals surface area contributed by atoms with Crippen LogP contribution in [0.2, 0.25) is 0 Å². The molecule has 1 aromatic carbocycles. The van der Waals surface area contributed by atoms with E-state index in [0.29, 0.717) is 0 Å². The van der Waals surface area contributed by atoms with Crippen LogP contribution in [0.15, 0.2) is 24.8 Å². The lowest BCUT2D eigenvalue weighted by Gasteiger charge is -2.09. The van der Waals surface area contributed by atoms with Gasteiger partial charge in [0.2, 0.25) is 0 Å². The normalized spacial score (nSPS) is 22.2. The van der Waals surface area contributed by atoms with Crippen LogP contribution in [-0.2, 0) is 27.5 Å². The van der Waals surface area contributed by atoms with Crippen molar-refractivity contribution < 1.29 is 23.0 Å². The third kappa shape index (κ3) is 2.90. The molecule has 1 aromatic rings. The second-order valence-corrected chi connectivity index (χ2v) is 6.11. The molecule has 0 aromatic heterocycles. The fourth-order valence-electron chi connectivity index (χ4n) is 2.81. The van der Waals surface area contributed by atoms with E-state index in [1.54, 1.807) is 6.08 Å². The molecule has 0 N–H and O–H groups in total. The first-order valence-electron chi connectivity index (χ1n) is 7.08. The first-order valence-corrected chi connectivity index (χ1v) is 7.08. The van der Waals surface area contributed by atoms with E-state index in [1.165, 1.54) is 19.2 Å². The molecule has 0 unspecified atom stereocenters. The van der Waals surface area contributed by atoms with Gasteiger partial charge in [-0.1, -0.05) is 32.1 Å². The van der Waals surface area contributed by atoms with Gasteiger partial charge in [-0.15, -0.1) is 6.58 Å². The number of rotatable bonds is 6. The summed E-state index contributed by atoms with van der Waals surface area (Å²) in [4.78, 5) is 12.0. The van der Waals surface area contributed by atoms with Crippen molar-refractivity contribution in [2.24, 2.45) is 17.3 Å². The number of ether oxygens (including phenoxy) is 2. The molecule has 0 heterocycles. The highest BCUT2D eigenvalue weighted by molar-refractivity contribution is 5.78. The fraction of sp³-hybridized carbons (Fsp3) is 0.471. The van der Waals surface area contributed by atoms with Crippen molar-refractivity contribution in [2.75, 3.05) is 7.11 Å². The summed E-state index contributed by atoms with van der Waals surface area (Å²) < 4.78 is 37.6. The second-order valence-electron chi connectivity index (χ2n) is 6.11. The van der Waals surface area contributed by atoms with Gasteiger partial charge in [-0.05, 0) is 11.3 Å². The van der Waals surface area contributed by atoms with Crippen LogP contribution in [-0.4, -0.2) is 13.1 Å². The molecule has 0 amide bonds. The maximum Gasteiger partial charge on any atom is 0.310 e. The first-order chi connectivity index (χ1) is 10.3. The molecule has 1 aliphatic rings. The molecule has 1 fully saturated rings. The van der Waals surface area contributed by atoms with Gasteiger partial charge in [0.25, 0.3) is 0 Å². The standard InChI is InChI=1S/C17H20F2O3/c1-5-12-13(17(12,2)3)16(20)22-9-11-7-6-10(8-21-4)14(18)15(11)19/h5-7,12-13H,1,8-9H2,2-4H3/t12-,13+/m1/s1. The average Bonchev–Trinajstić information content (AvgIpc) is 3.04. The van der Waals surface area contributed by atoms with Crippen molar-refractivity contribution in [3.05, 3.63) is 47.5 Å². The fourth-order valence-corrected chi connectivity index (χ4v) is 2.81. The molecule has 3 nitrogen and oxygen atoms in total. The number of halogens is 2. The zero-order valence-electron chi connectivity index (χ0n) is 13.0. The summed E-state index contributed by atoms with van der Waals surface area (Å²) in [6.07, 6.45) is 1.73. The Balaban J connectivity index is 2.02. The van der Waals surface area contributed by atoms with E-state index in [1.807, 2.05) is 13.8 Å². The summed E-state index contributed by atoms with van der Waals surface area (Å²) in [5.41, 5.74) is -0.0465. The van der Waals surface area contributed by atoms with Crippen molar-refractivity contribution >= 4 is 5.97 Å². The van der Waals surface area contributed by atoms with Gasteiger partial charge in [-0.2, -0.15) is 0 Å². The molecule has 2 rings (SSSR count). The van der Waals surface area contributed by atoms with E-state index in [0.717, 1.165) is 0 Å². The lowest BCUT2D eigenvalue weighted by molar-refractivity contribution is -0.147. The maximum atomic E-state index is 13.9. The van der Waals surface area contributed by atoms with Crippen molar-refractivity contribution in [3.8, 4) is 0 Å². The molecule has 0 bridgehead atoms. The van der Waals surface area contributed by atoms with Gasteiger partial charge in [0.1, 0.15) is 6.61 Å². The van der Waals surface area contributed by atoms with E-state index >= 15 is 0 Å². The predicted octanol–water partition coefficient (Wildman–Crippen LogP) is 3.61.